The molecule has 1 saturated carbocycles. The number of hydrogen-bond donors (Lipinski definition) is 1. The Bertz CT molecular complexity index is 590. The predicted octanol–water partition coefficient (Wildman–Crippen LogP) is 1.91. The van der Waals surface area contributed by atoms with Gasteiger partial charge in [0.1, 0.15) is 11.4 Å². The highest BCUT2D eigenvalue weighted by Gasteiger charge is 2.39. The van der Waals surface area contributed by atoms with E-state index in [9.17, 15) is 19.3 Å². The topological polar surface area (TPSA) is 96.0 Å². The molecule has 1 N–H and O–H groups in total. The predicted molar refractivity (Wildman–Crippen MR) is 62.7 cm³/mol. The van der Waals surface area contributed by atoms with Crippen LogP contribution in [0.2, 0.25) is 0 Å². The highest BCUT2D eigenvalue weighted by atomic mass is 19.1. The molecule has 0 aromatic heterocycles. The molecule has 0 spiro atoms. The Morgan fingerprint density at radius 1 is 1.53 bits per heavy atom. The summed E-state index contributed by atoms with van der Waals surface area (Å²) in [5.74, 6) is -1.65. The maximum absolute atomic E-state index is 13.5. The van der Waals surface area contributed by atoms with E-state index in [1.54, 1.807) is 0 Å². The lowest BCUT2D eigenvalue weighted by Crippen LogP contribution is -2.52. The molecule has 1 amide bonds. The maximum Gasteiger partial charge on any atom is 0.270 e. The average molecular weight is 263 g/mol. The molecule has 1 aromatic rings. The van der Waals surface area contributed by atoms with Crippen LogP contribution in [-0.4, -0.2) is 16.4 Å². The first-order valence-corrected chi connectivity index (χ1v) is 5.65. The smallest absolute Gasteiger partial charge is 0.270 e. The molecule has 0 atom stereocenters. The Labute approximate surface area is 108 Å². The number of benzene rings is 1. The average Bonchev–Trinajstić information content (AvgIpc) is 2.33. The fourth-order valence-corrected chi connectivity index (χ4v) is 1.88. The first-order valence-electron chi connectivity index (χ1n) is 5.65. The molecular formula is C12H10FN3O3. The first-order chi connectivity index (χ1) is 8.97. The second kappa shape index (κ2) is 4.65. The standard InChI is InChI=1S/C12H10FN3O3/c13-10-3-2-8(16(18)19)6-9(10)11(17)15-12(7-14)4-1-5-12/h2-3,6H,1,4-5H2,(H,15,17). The minimum atomic E-state index is -0.964. The van der Waals surface area contributed by atoms with Crippen LogP contribution in [0.3, 0.4) is 0 Å². The molecule has 0 heterocycles. The molecule has 19 heavy (non-hydrogen) atoms. The van der Waals surface area contributed by atoms with Crippen molar-refractivity contribution in [2.75, 3.05) is 0 Å². The molecule has 0 aliphatic heterocycles. The van der Waals surface area contributed by atoms with Crippen LogP contribution in [0.1, 0.15) is 29.6 Å². The number of nitro benzene ring substituents is 1. The normalized spacial score (nSPS) is 16.0. The molecule has 0 unspecified atom stereocenters. The third-order valence-electron chi connectivity index (χ3n) is 3.18. The van der Waals surface area contributed by atoms with E-state index in [0.717, 1.165) is 24.6 Å². The molecule has 6 nitrogen and oxygen atoms in total. The van der Waals surface area contributed by atoms with Crippen LogP contribution in [0, 0.1) is 27.3 Å². The molecule has 1 aliphatic carbocycles. The minimum Gasteiger partial charge on any atom is -0.334 e. The van der Waals surface area contributed by atoms with Gasteiger partial charge in [0.15, 0.2) is 0 Å². The Morgan fingerprint density at radius 2 is 2.21 bits per heavy atom. The zero-order valence-corrected chi connectivity index (χ0v) is 9.85. The molecule has 98 valence electrons. The van der Waals surface area contributed by atoms with Gasteiger partial charge in [-0.2, -0.15) is 5.26 Å². The zero-order chi connectivity index (χ0) is 14.0. The second-order valence-electron chi connectivity index (χ2n) is 4.42. The van der Waals surface area contributed by atoms with Gasteiger partial charge in [0.25, 0.3) is 11.6 Å². The Morgan fingerprint density at radius 3 is 2.68 bits per heavy atom. The summed E-state index contributed by atoms with van der Waals surface area (Å²) in [6, 6.07) is 4.70. The summed E-state index contributed by atoms with van der Waals surface area (Å²) in [5, 5.41) is 22.0. The van der Waals surface area contributed by atoms with E-state index in [4.69, 9.17) is 5.26 Å². The number of halogens is 1. The van der Waals surface area contributed by atoms with Crippen molar-refractivity contribution in [3.63, 3.8) is 0 Å². The minimum absolute atomic E-state index is 0.369. The van der Waals surface area contributed by atoms with Gasteiger partial charge in [0, 0.05) is 12.1 Å². The highest BCUT2D eigenvalue weighted by molar-refractivity contribution is 5.95. The van der Waals surface area contributed by atoms with E-state index < -0.39 is 27.8 Å². The van der Waals surface area contributed by atoms with E-state index in [1.807, 2.05) is 6.07 Å². The highest BCUT2D eigenvalue weighted by Crippen LogP contribution is 2.31. The summed E-state index contributed by atoms with van der Waals surface area (Å²) in [4.78, 5) is 21.8. The maximum atomic E-state index is 13.5. The number of rotatable bonds is 3. The van der Waals surface area contributed by atoms with Crippen LogP contribution in [-0.2, 0) is 0 Å². The van der Waals surface area contributed by atoms with Gasteiger partial charge in [-0.05, 0) is 25.3 Å². The van der Waals surface area contributed by atoms with Gasteiger partial charge in [-0.3, -0.25) is 14.9 Å². The molecular weight excluding hydrogens is 253 g/mol. The lowest BCUT2D eigenvalue weighted by atomic mass is 9.78. The molecule has 1 aliphatic rings. The van der Waals surface area contributed by atoms with Gasteiger partial charge in [-0.15, -0.1) is 0 Å². The lowest BCUT2D eigenvalue weighted by molar-refractivity contribution is -0.384. The number of carbonyl (C=O) groups is 1. The van der Waals surface area contributed by atoms with Crippen molar-refractivity contribution < 1.29 is 14.1 Å². The molecule has 1 fully saturated rings. The van der Waals surface area contributed by atoms with E-state index in [0.29, 0.717) is 12.8 Å². The van der Waals surface area contributed by atoms with Crippen molar-refractivity contribution >= 4 is 11.6 Å². The third-order valence-corrected chi connectivity index (χ3v) is 3.18. The van der Waals surface area contributed by atoms with Gasteiger partial charge in [0.2, 0.25) is 0 Å². The van der Waals surface area contributed by atoms with Gasteiger partial charge in [-0.1, -0.05) is 0 Å². The summed E-state index contributed by atoms with van der Waals surface area (Å²) < 4.78 is 13.5. The van der Waals surface area contributed by atoms with E-state index in [-0.39, 0.29) is 5.69 Å². The second-order valence-corrected chi connectivity index (χ2v) is 4.42. The largest absolute Gasteiger partial charge is 0.334 e. The van der Waals surface area contributed by atoms with Crippen molar-refractivity contribution in [3.05, 3.63) is 39.7 Å². The molecule has 0 bridgehead atoms. The van der Waals surface area contributed by atoms with Crippen molar-refractivity contribution in [1.82, 2.24) is 5.32 Å². The number of nitrogens with one attached hydrogen (secondary N) is 1. The number of nitriles is 1. The summed E-state index contributed by atoms with van der Waals surface area (Å²) in [6.07, 6.45) is 1.82. The van der Waals surface area contributed by atoms with Crippen LogP contribution >= 0.6 is 0 Å². The van der Waals surface area contributed by atoms with Crippen molar-refractivity contribution in [1.29, 1.82) is 5.26 Å². The number of nitro groups is 1. The first kappa shape index (κ1) is 13.0. The number of nitrogens with zero attached hydrogens (tertiary/aromatic N) is 2. The lowest BCUT2D eigenvalue weighted by Gasteiger charge is -2.35. The number of non-ortho nitro benzene ring substituents is 1. The van der Waals surface area contributed by atoms with Crippen molar-refractivity contribution in [3.8, 4) is 6.07 Å². The van der Waals surface area contributed by atoms with Crippen LogP contribution in [0.4, 0.5) is 10.1 Å². The van der Waals surface area contributed by atoms with Gasteiger partial charge < -0.3 is 5.32 Å². The zero-order valence-electron chi connectivity index (χ0n) is 9.85. The van der Waals surface area contributed by atoms with Gasteiger partial charge >= 0.3 is 0 Å². The van der Waals surface area contributed by atoms with Crippen LogP contribution in [0.25, 0.3) is 0 Å². The fraction of sp³-hybridized carbons (Fsp3) is 0.333. The Balaban J connectivity index is 2.26. The Kier molecular flexibility index (Phi) is 3.17. The molecule has 7 heteroatoms. The number of amides is 1. The number of carbonyl (C=O) groups excluding carboxylic acids is 1. The molecule has 0 saturated heterocycles. The quantitative estimate of drug-likeness (QED) is 0.665. The third kappa shape index (κ3) is 2.38. The van der Waals surface area contributed by atoms with Crippen LogP contribution in [0.5, 0.6) is 0 Å². The monoisotopic (exact) mass is 263 g/mol. The number of hydrogen-bond acceptors (Lipinski definition) is 4. The summed E-state index contributed by atoms with van der Waals surface area (Å²) in [7, 11) is 0. The summed E-state index contributed by atoms with van der Waals surface area (Å²) in [5.41, 5.74) is -1.75. The summed E-state index contributed by atoms with van der Waals surface area (Å²) >= 11 is 0. The fourth-order valence-electron chi connectivity index (χ4n) is 1.88. The molecule has 2 rings (SSSR count). The van der Waals surface area contributed by atoms with E-state index in [1.165, 1.54) is 0 Å². The van der Waals surface area contributed by atoms with E-state index in [2.05, 4.69) is 5.32 Å². The van der Waals surface area contributed by atoms with Gasteiger partial charge in [0.05, 0.1) is 16.6 Å². The SMILES string of the molecule is N#CC1(NC(=O)c2cc([N+](=O)[O-])ccc2F)CCC1. The van der Waals surface area contributed by atoms with Crippen LogP contribution < -0.4 is 5.32 Å². The molecule has 0 radical (unpaired) electrons. The van der Waals surface area contributed by atoms with Gasteiger partial charge in [-0.25, -0.2) is 4.39 Å². The Hall–Kier alpha value is -2.49. The molecule has 1 aromatic carbocycles. The van der Waals surface area contributed by atoms with E-state index >= 15 is 0 Å². The van der Waals surface area contributed by atoms with Crippen molar-refractivity contribution in [2.45, 2.75) is 24.8 Å². The summed E-state index contributed by atoms with van der Waals surface area (Å²) in [6.45, 7) is 0. The van der Waals surface area contributed by atoms with Crippen molar-refractivity contribution in [2.24, 2.45) is 0 Å². The van der Waals surface area contributed by atoms with Crippen LogP contribution in [0.15, 0.2) is 18.2 Å².